The summed E-state index contributed by atoms with van der Waals surface area (Å²) in [4.78, 5) is 11.5. The Morgan fingerprint density at radius 2 is 2.12 bits per heavy atom. The van der Waals surface area contributed by atoms with Crippen molar-refractivity contribution in [1.29, 1.82) is 0 Å². The monoisotopic (exact) mass is 285 g/mol. The molecule has 0 radical (unpaired) electrons. The molecule has 1 unspecified atom stereocenters. The van der Waals surface area contributed by atoms with Crippen molar-refractivity contribution in [3.8, 4) is 5.75 Å². The van der Waals surface area contributed by atoms with Crippen LogP contribution in [0.5, 0.6) is 5.75 Å². The third-order valence-electron chi connectivity index (χ3n) is 2.09. The number of halogens is 1. The lowest BCUT2D eigenvalue weighted by atomic mass is 10.2. The van der Waals surface area contributed by atoms with E-state index in [1.165, 1.54) is 0 Å². The number of anilines is 1. The van der Waals surface area contributed by atoms with E-state index in [1.807, 2.05) is 38.1 Å². The van der Waals surface area contributed by atoms with Crippen molar-refractivity contribution in [3.05, 3.63) is 24.3 Å². The van der Waals surface area contributed by atoms with Gasteiger partial charge in [-0.3, -0.25) is 4.79 Å². The van der Waals surface area contributed by atoms with E-state index in [1.54, 1.807) is 0 Å². The Morgan fingerprint density at radius 3 is 2.75 bits per heavy atom. The zero-order valence-electron chi connectivity index (χ0n) is 9.50. The molecule has 1 amide bonds. The summed E-state index contributed by atoms with van der Waals surface area (Å²) < 4.78 is 5.42. The van der Waals surface area contributed by atoms with Gasteiger partial charge in [0.25, 0.3) is 0 Å². The zero-order chi connectivity index (χ0) is 12.0. The van der Waals surface area contributed by atoms with Gasteiger partial charge in [-0.05, 0) is 25.5 Å². The van der Waals surface area contributed by atoms with Crippen molar-refractivity contribution in [2.45, 2.75) is 25.1 Å². The summed E-state index contributed by atoms with van der Waals surface area (Å²) in [6.45, 7) is 4.45. The average Bonchev–Trinajstić information content (AvgIpc) is 2.31. The van der Waals surface area contributed by atoms with Gasteiger partial charge < -0.3 is 10.1 Å². The normalized spacial score (nSPS) is 11.9. The van der Waals surface area contributed by atoms with Crippen LogP contribution in [0.2, 0.25) is 0 Å². The second-order valence-electron chi connectivity index (χ2n) is 3.29. The number of benzene rings is 1. The van der Waals surface area contributed by atoms with E-state index in [0.717, 1.165) is 6.42 Å². The third kappa shape index (κ3) is 3.52. The molecule has 3 nitrogen and oxygen atoms in total. The molecule has 0 bridgehead atoms. The highest BCUT2D eigenvalue weighted by molar-refractivity contribution is 9.10. The summed E-state index contributed by atoms with van der Waals surface area (Å²) >= 11 is 3.31. The molecule has 4 heteroatoms. The maximum absolute atomic E-state index is 11.7. The van der Waals surface area contributed by atoms with Crippen LogP contribution in [0, 0.1) is 0 Å². The topological polar surface area (TPSA) is 38.3 Å². The first-order chi connectivity index (χ1) is 7.69. The molecule has 0 aliphatic carbocycles. The summed E-state index contributed by atoms with van der Waals surface area (Å²) in [7, 11) is 0. The van der Waals surface area contributed by atoms with Gasteiger partial charge in [0.15, 0.2) is 0 Å². The number of amides is 1. The molecular weight excluding hydrogens is 270 g/mol. The van der Waals surface area contributed by atoms with Gasteiger partial charge in [-0.1, -0.05) is 35.0 Å². The van der Waals surface area contributed by atoms with E-state index in [9.17, 15) is 4.79 Å². The minimum atomic E-state index is -0.165. The lowest BCUT2D eigenvalue weighted by Gasteiger charge is -2.12. The fraction of sp³-hybridized carbons (Fsp3) is 0.417. The Bertz CT molecular complexity index is 355. The van der Waals surface area contributed by atoms with Gasteiger partial charge >= 0.3 is 0 Å². The summed E-state index contributed by atoms with van der Waals surface area (Å²) in [5.41, 5.74) is 0.715. The SMILES string of the molecule is CCOc1ccccc1NC(=O)C(Br)CC. The summed E-state index contributed by atoms with van der Waals surface area (Å²) in [6, 6.07) is 7.42. The first-order valence-electron chi connectivity index (χ1n) is 5.35. The van der Waals surface area contributed by atoms with Gasteiger partial charge in [0, 0.05) is 0 Å². The third-order valence-corrected chi connectivity index (χ3v) is 3.15. The highest BCUT2D eigenvalue weighted by Crippen LogP contribution is 2.24. The van der Waals surface area contributed by atoms with Crippen molar-refractivity contribution in [2.75, 3.05) is 11.9 Å². The van der Waals surface area contributed by atoms with Crippen molar-refractivity contribution in [1.82, 2.24) is 0 Å². The number of hydrogen-bond donors (Lipinski definition) is 1. The second kappa shape index (κ2) is 6.53. The van der Waals surface area contributed by atoms with Crippen LogP contribution in [0.3, 0.4) is 0 Å². The standard InChI is InChI=1S/C12H16BrNO2/c1-3-9(13)12(15)14-10-7-5-6-8-11(10)16-4-2/h5-9H,3-4H2,1-2H3,(H,14,15). The quantitative estimate of drug-likeness (QED) is 0.844. The molecule has 1 rings (SSSR count). The second-order valence-corrected chi connectivity index (χ2v) is 4.40. The maximum Gasteiger partial charge on any atom is 0.238 e. The molecule has 0 heterocycles. The van der Waals surface area contributed by atoms with Crippen molar-refractivity contribution in [3.63, 3.8) is 0 Å². The van der Waals surface area contributed by atoms with Crippen LogP contribution in [-0.2, 0) is 4.79 Å². The maximum atomic E-state index is 11.7. The smallest absolute Gasteiger partial charge is 0.238 e. The first kappa shape index (κ1) is 13.0. The highest BCUT2D eigenvalue weighted by atomic mass is 79.9. The van der Waals surface area contributed by atoms with Crippen molar-refractivity contribution < 1.29 is 9.53 Å². The molecule has 0 spiro atoms. The van der Waals surface area contributed by atoms with E-state index in [-0.39, 0.29) is 10.7 Å². The minimum Gasteiger partial charge on any atom is -0.492 e. The van der Waals surface area contributed by atoms with Crippen LogP contribution in [0.15, 0.2) is 24.3 Å². The van der Waals surface area contributed by atoms with Gasteiger partial charge in [-0.25, -0.2) is 0 Å². The van der Waals surface area contributed by atoms with Crippen LogP contribution >= 0.6 is 15.9 Å². The predicted octanol–water partition coefficient (Wildman–Crippen LogP) is 3.20. The van der Waals surface area contributed by atoms with Gasteiger partial charge in [0.05, 0.1) is 17.1 Å². The number of nitrogens with one attached hydrogen (secondary N) is 1. The molecule has 0 saturated heterocycles. The Morgan fingerprint density at radius 1 is 1.44 bits per heavy atom. The van der Waals surface area contributed by atoms with Gasteiger partial charge in [0.2, 0.25) is 5.91 Å². The van der Waals surface area contributed by atoms with Crippen LogP contribution in [0.1, 0.15) is 20.3 Å². The summed E-state index contributed by atoms with van der Waals surface area (Å²) in [5.74, 6) is 0.656. The summed E-state index contributed by atoms with van der Waals surface area (Å²) in [5, 5.41) is 2.84. The Hall–Kier alpha value is -1.03. The van der Waals surface area contributed by atoms with Gasteiger partial charge in [0.1, 0.15) is 5.75 Å². The largest absolute Gasteiger partial charge is 0.492 e. The lowest BCUT2D eigenvalue weighted by Crippen LogP contribution is -2.22. The van der Waals surface area contributed by atoms with Gasteiger partial charge in [-0.2, -0.15) is 0 Å². The fourth-order valence-electron chi connectivity index (χ4n) is 1.25. The molecule has 1 N–H and O–H groups in total. The molecule has 88 valence electrons. The van der Waals surface area contributed by atoms with Crippen molar-refractivity contribution in [2.24, 2.45) is 0 Å². The van der Waals surface area contributed by atoms with E-state index in [0.29, 0.717) is 18.0 Å². The Labute approximate surface area is 104 Å². The number of para-hydroxylation sites is 2. The molecule has 0 aliphatic rings. The molecule has 0 aromatic heterocycles. The zero-order valence-corrected chi connectivity index (χ0v) is 11.1. The number of carbonyl (C=O) groups is 1. The van der Waals surface area contributed by atoms with Crippen LogP contribution < -0.4 is 10.1 Å². The number of rotatable bonds is 5. The molecule has 0 fully saturated rings. The van der Waals surface area contributed by atoms with Crippen LogP contribution in [0.25, 0.3) is 0 Å². The Balaban J connectivity index is 2.76. The number of hydrogen-bond acceptors (Lipinski definition) is 2. The number of carbonyl (C=O) groups excluding carboxylic acids is 1. The predicted molar refractivity (Wildman–Crippen MR) is 69.2 cm³/mol. The molecule has 1 aromatic carbocycles. The van der Waals surface area contributed by atoms with E-state index in [2.05, 4.69) is 21.2 Å². The Kier molecular flexibility index (Phi) is 5.32. The van der Waals surface area contributed by atoms with Crippen LogP contribution in [-0.4, -0.2) is 17.3 Å². The van der Waals surface area contributed by atoms with Gasteiger partial charge in [-0.15, -0.1) is 0 Å². The number of ether oxygens (including phenoxy) is 1. The molecule has 1 atom stereocenters. The molecule has 0 saturated carbocycles. The average molecular weight is 286 g/mol. The fourth-order valence-corrected chi connectivity index (χ4v) is 1.36. The molecule has 1 aromatic rings. The number of alkyl halides is 1. The molecule has 16 heavy (non-hydrogen) atoms. The van der Waals surface area contributed by atoms with Crippen LogP contribution in [0.4, 0.5) is 5.69 Å². The lowest BCUT2D eigenvalue weighted by molar-refractivity contribution is -0.115. The minimum absolute atomic E-state index is 0.0466. The summed E-state index contributed by atoms with van der Waals surface area (Å²) in [6.07, 6.45) is 0.753. The van der Waals surface area contributed by atoms with E-state index >= 15 is 0 Å². The highest BCUT2D eigenvalue weighted by Gasteiger charge is 2.14. The first-order valence-corrected chi connectivity index (χ1v) is 6.27. The van der Waals surface area contributed by atoms with E-state index in [4.69, 9.17) is 4.74 Å². The molecule has 0 aliphatic heterocycles. The van der Waals surface area contributed by atoms with E-state index < -0.39 is 0 Å². The molecular formula is C12H16BrNO2. The van der Waals surface area contributed by atoms with Crippen molar-refractivity contribution >= 4 is 27.5 Å².